The Kier molecular flexibility index (Phi) is 5.33. The van der Waals surface area contributed by atoms with Crippen LogP contribution in [0.4, 0.5) is 0 Å². The Hall–Kier alpha value is -0.930. The normalized spacial score (nSPS) is 12.2. The summed E-state index contributed by atoms with van der Waals surface area (Å²) in [6.45, 7) is 3.80. The smallest absolute Gasteiger partial charge is 0.334 e. The largest absolute Gasteiger partial charge is 0.464 e. The first-order chi connectivity index (χ1) is 5.22. The third-order valence-corrected chi connectivity index (χ3v) is 1.24. The maximum absolute atomic E-state index is 10.7. The molecule has 64 valence electrons. The number of unbranched alkanes of at least 4 members (excludes halogenated alkanes) is 1. The molecular formula is C7H13NO3. The van der Waals surface area contributed by atoms with Crippen molar-refractivity contribution < 1.29 is 9.53 Å². The van der Waals surface area contributed by atoms with Crippen molar-refractivity contribution in [2.24, 2.45) is 5.18 Å². The molecular weight excluding hydrogens is 146 g/mol. The van der Waals surface area contributed by atoms with Crippen LogP contribution in [0.2, 0.25) is 0 Å². The summed E-state index contributed by atoms with van der Waals surface area (Å²) in [7, 11) is 0. The zero-order chi connectivity index (χ0) is 8.69. The molecule has 0 spiro atoms. The highest BCUT2D eigenvalue weighted by Crippen LogP contribution is 1.95. The average Bonchev–Trinajstić information content (AvgIpc) is 2.03. The first-order valence-corrected chi connectivity index (χ1v) is 3.71. The first kappa shape index (κ1) is 10.1. The lowest BCUT2D eigenvalue weighted by Gasteiger charge is -2.03. The summed E-state index contributed by atoms with van der Waals surface area (Å²) in [6, 6.07) is -0.869. The molecule has 0 heterocycles. The van der Waals surface area contributed by atoms with Crippen LogP contribution in [0.3, 0.4) is 0 Å². The van der Waals surface area contributed by atoms with Gasteiger partial charge < -0.3 is 4.74 Å². The summed E-state index contributed by atoms with van der Waals surface area (Å²) < 4.78 is 4.70. The van der Waals surface area contributed by atoms with Crippen molar-refractivity contribution in [3.63, 3.8) is 0 Å². The van der Waals surface area contributed by atoms with Crippen LogP contribution in [0.5, 0.6) is 0 Å². The number of hydrogen-bond acceptors (Lipinski definition) is 4. The predicted octanol–water partition coefficient (Wildman–Crippen LogP) is 1.48. The standard InChI is InChI=1S/C7H13NO3/c1-3-4-5-11-7(9)6(2)8-10/h6H,3-5H2,1-2H3. The Labute approximate surface area is 65.9 Å². The molecule has 1 unspecified atom stereocenters. The lowest BCUT2D eigenvalue weighted by molar-refractivity contribution is -0.144. The molecule has 1 atom stereocenters. The third-order valence-electron chi connectivity index (χ3n) is 1.24. The van der Waals surface area contributed by atoms with E-state index in [4.69, 9.17) is 4.74 Å². The fraction of sp³-hybridized carbons (Fsp3) is 0.857. The summed E-state index contributed by atoms with van der Waals surface area (Å²) in [5.74, 6) is -0.534. The van der Waals surface area contributed by atoms with Gasteiger partial charge in [-0.1, -0.05) is 18.5 Å². The van der Waals surface area contributed by atoms with Gasteiger partial charge in [0.25, 0.3) is 0 Å². The first-order valence-electron chi connectivity index (χ1n) is 3.71. The van der Waals surface area contributed by atoms with E-state index in [0.717, 1.165) is 12.8 Å². The Balaban J connectivity index is 3.44. The molecule has 0 aliphatic heterocycles. The van der Waals surface area contributed by atoms with E-state index in [1.807, 2.05) is 6.92 Å². The van der Waals surface area contributed by atoms with Crippen molar-refractivity contribution in [1.82, 2.24) is 0 Å². The SMILES string of the molecule is CCCCOC(=O)C(C)N=O. The number of carbonyl (C=O) groups is 1. The van der Waals surface area contributed by atoms with E-state index in [-0.39, 0.29) is 0 Å². The molecule has 0 aromatic heterocycles. The minimum absolute atomic E-state index is 0.384. The predicted molar refractivity (Wildman–Crippen MR) is 41.1 cm³/mol. The van der Waals surface area contributed by atoms with Gasteiger partial charge in [0, 0.05) is 0 Å². The number of rotatable bonds is 5. The van der Waals surface area contributed by atoms with Gasteiger partial charge in [0.05, 0.1) is 6.61 Å². The van der Waals surface area contributed by atoms with Crippen LogP contribution in [0, 0.1) is 4.91 Å². The molecule has 0 bridgehead atoms. The molecule has 0 saturated heterocycles. The van der Waals surface area contributed by atoms with E-state index >= 15 is 0 Å². The van der Waals surface area contributed by atoms with Gasteiger partial charge in [-0.15, -0.1) is 4.91 Å². The maximum atomic E-state index is 10.7. The van der Waals surface area contributed by atoms with Crippen LogP contribution in [0.1, 0.15) is 26.7 Å². The van der Waals surface area contributed by atoms with Crippen LogP contribution in [0.15, 0.2) is 5.18 Å². The summed E-state index contributed by atoms with van der Waals surface area (Å²) in [6.07, 6.45) is 1.80. The lowest BCUT2D eigenvalue weighted by Crippen LogP contribution is -2.17. The van der Waals surface area contributed by atoms with Crippen LogP contribution in [0.25, 0.3) is 0 Å². The highest BCUT2D eigenvalue weighted by Gasteiger charge is 2.13. The van der Waals surface area contributed by atoms with Crippen LogP contribution in [-0.4, -0.2) is 18.6 Å². The Morgan fingerprint density at radius 2 is 2.27 bits per heavy atom. The molecule has 0 aromatic carbocycles. The molecule has 0 N–H and O–H groups in total. The van der Waals surface area contributed by atoms with Crippen molar-refractivity contribution in [2.45, 2.75) is 32.7 Å². The van der Waals surface area contributed by atoms with Crippen molar-refractivity contribution in [3.8, 4) is 0 Å². The van der Waals surface area contributed by atoms with Gasteiger partial charge in [0.2, 0.25) is 0 Å². The van der Waals surface area contributed by atoms with E-state index in [9.17, 15) is 9.70 Å². The van der Waals surface area contributed by atoms with E-state index in [2.05, 4.69) is 5.18 Å². The number of ether oxygens (including phenoxy) is 1. The molecule has 4 nitrogen and oxygen atoms in total. The second-order valence-electron chi connectivity index (χ2n) is 2.30. The molecule has 0 fully saturated rings. The molecule has 0 amide bonds. The molecule has 0 radical (unpaired) electrons. The van der Waals surface area contributed by atoms with Gasteiger partial charge in [-0.25, -0.2) is 4.79 Å². The van der Waals surface area contributed by atoms with E-state index in [1.54, 1.807) is 0 Å². The average molecular weight is 159 g/mol. The molecule has 0 aromatic rings. The fourth-order valence-electron chi connectivity index (χ4n) is 0.481. The quantitative estimate of drug-likeness (QED) is 0.347. The van der Waals surface area contributed by atoms with E-state index < -0.39 is 12.0 Å². The van der Waals surface area contributed by atoms with Gasteiger partial charge in [0.15, 0.2) is 6.04 Å². The fourth-order valence-corrected chi connectivity index (χ4v) is 0.481. The zero-order valence-corrected chi connectivity index (χ0v) is 6.87. The Morgan fingerprint density at radius 1 is 1.64 bits per heavy atom. The summed E-state index contributed by atoms with van der Waals surface area (Å²) >= 11 is 0. The van der Waals surface area contributed by atoms with E-state index in [1.165, 1.54) is 6.92 Å². The number of nitroso groups, excluding NO2 is 1. The number of nitrogens with zero attached hydrogens (tertiary/aromatic N) is 1. The number of carbonyl (C=O) groups excluding carboxylic acids is 1. The molecule has 0 aliphatic rings. The highest BCUT2D eigenvalue weighted by molar-refractivity contribution is 5.75. The van der Waals surface area contributed by atoms with Gasteiger partial charge in [0.1, 0.15) is 0 Å². The van der Waals surface area contributed by atoms with E-state index in [0.29, 0.717) is 6.61 Å². The van der Waals surface area contributed by atoms with Crippen LogP contribution < -0.4 is 0 Å². The molecule has 0 saturated carbocycles. The summed E-state index contributed by atoms with van der Waals surface area (Å²) in [5.41, 5.74) is 0. The van der Waals surface area contributed by atoms with Crippen molar-refractivity contribution >= 4 is 5.97 Å². The second-order valence-corrected chi connectivity index (χ2v) is 2.30. The van der Waals surface area contributed by atoms with Gasteiger partial charge in [-0.3, -0.25) is 0 Å². The Bertz CT molecular complexity index is 136. The van der Waals surface area contributed by atoms with Gasteiger partial charge in [-0.05, 0) is 13.3 Å². The number of esters is 1. The van der Waals surface area contributed by atoms with Gasteiger partial charge in [-0.2, -0.15) is 0 Å². The molecule has 0 rings (SSSR count). The Morgan fingerprint density at radius 3 is 2.73 bits per heavy atom. The zero-order valence-electron chi connectivity index (χ0n) is 6.87. The van der Waals surface area contributed by atoms with Crippen molar-refractivity contribution in [3.05, 3.63) is 4.91 Å². The monoisotopic (exact) mass is 159 g/mol. The number of hydrogen-bond donors (Lipinski definition) is 0. The minimum atomic E-state index is -0.869. The molecule has 0 aliphatic carbocycles. The molecule has 4 heteroatoms. The highest BCUT2D eigenvalue weighted by atomic mass is 16.5. The van der Waals surface area contributed by atoms with Crippen LogP contribution in [-0.2, 0) is 9.53 Å². The van der Waals surface area contributed by atoms with Gasteiger partial charge >= 0.3 is 5.97 Å². The second kappa shape index (κ2) is 5.82. The maximum Gasteiger partial charge on any atom is 0.334 e. The summed E-state index contributed by atoms with van der Waals surface area (Å²) in [4.78, 5) is 20.6. The van der Waals surface area contributed by atoms with Crippen molar-refractivity contribution in [2.75, 3.05) is 6.61 Å². The minimum Gasteiger partial charge on any atom is -0.464 e. The van der Waals surface area contributed by atoms with Crippen molar-refractivity contribution in [1.29, 1.82) is 0 Å². The molecule has 11 heavy (non-hydrogen) atoms. The third kappa shape index (κ3) is 4.47. The lowest BCUT2D eigenvalue weighted by atomic mass is 10.3. The summed E-state index contributed by atoms with van der Waals surface area (Å²) in [5, 5.41) is 2.54. The van der Waals surface area contributed by atoms with Crippen LogP contribution >= 0.6 is 0 Å². The topological polar surface area (TPSA) is 55.7 Å².